The van der Waals surface area contributed by atoms with Crippen molar-refractivity contribution in [1.82, 2.24) is 5.32 Å². The number of nitrogens with one attached hydrogen (secondary N) is 1. The Morgan fingerprint density at radius 2 is 2.05 bits per heavy atom. The summed E-state index contributed by atoms with van der Waals surface area (Å²) in [4.78, 5) is 1.42. The highest BCUT2D eigenvalue weighted by molar-refractivity contribution is 5.56. The Morgan fingerprint density at radius 1 is 1.35 bits per heavy atom. The number of halogens is 3. The SMILES string of the molecule is CN(CCO)c1ccc(CNC2CC2)cc1C(F)(F)F. The van der Waals surface area contributed by atoms with Crippen molar-refractivity contribution in [3.8, 4) is 0 Å². The lowest BCUT2D eigenvalue weighted by atomic mass is 10.1. The number of benzene rings is 1. The molecule has 1 aromatic carbocycles. The van der Waals surface area contributed by atoms with E-state index < -0.39 is 11.7 Å². The molecule has 0 aliphatic heterocycles. The van der Waals surface area contributed by atoms with Crippen molar-refractivity contribution in [1.29, 1.82) is 0 Å². The van der Waals surface area contributed by atoms with Gasteiger partial charge < -0.3 is 15.3 Å². The largest absolute Gasteiger partial charge is 0.418 e. The molecule has 0 aromatic heterocycles. The van der Waals surface area contributed by atoms with Gasteiger partial charge in [-0.2, -0.15) is 13.2 Å². The highest BCUT2D eigenvalue weighted by Gasteiger charge is 2.34. The van der Waals surface area contributed by atoms with Gasteiger partial charge >= 0.3 is 6.18 Å². The maximum Gasteiger partial charge on any atom is 0.418 e. The predicted molar refractivity (Wildman–Crippen MR) is 71.7 cm³/mol. The van der Waals surface area contributed by atoms with E-state index in [1.165, 1.54) is 17.0 Å². The van der Waals surface area contributed by atoms with Crippen LogP contribution in [0.15, 0.2) is 18.2 Å². The zero-order valence-corrected chi connectivity index (χ0v) is 11.4. The first-order valence-electron chi connectivity index (χ1n) is 6.67. The standard InChI is InChI=1S/C14H19F3N2O/c1-19(6-7-20)13-5-2-10(9-18-11-3-4-11)8-12(13)14(15,16)17/h2,5,8,11,18,20H,3-4,6-7,9H2,1H3. The van der Waals surface area contributed by atoms with Gasteiger partial charge in [-0.1, -0.05) is 6.07 Å². The lowest BCUT2D eigenvalue weighted by Crippen LogP contribution is -2.25. The second-order valence-corrected chi connectivity index (χ2v) is 5.15. The summed E-state index contributed by atoms with van der Waals surface area (Å²) in [7, 11) is 1.54. The first-order valence-corrected chi connectivity index (χ1v) is 6.67. The fourth-order valence-electron chi connectivity index (χ4n) is 2.07. The highest BCUT2D eigenvalue weighted by atomic mass is 19.4. The molecule has 3 nitrogen and oxygen atoms in total. The van der Waals surface area contributed by atoms with Crippen molar-refractivity contribution < 1.29 is 18.3 Å². The topological polar surface area (TPSA) is 35.5 Å². The van der Waals surface area contributed by atoms with E-state index in [4.69, 9.17) is 5.11 Å². The van der Waals surface area contributed by atoms with Crippen LogP contribution < -0.4 is 10.2 Å². The van der Waals surface area contributed by atoms with Crippen LogP contribution >= 0.6 is 0 Å². The van der Waals surface area contributed by atoms with Gasteiger partial charge in [0.2, 0.25) is 0 Å². The molecule has 6 heteroatoms. The van der Waals surface area contributed by atoms with E-state index in [1.54, 1.807) is 13.1 Å². The van der Waals surface area contributed by atoms with Gasteiger partial charge in [0, 0.05) is 31.9 Å². The fourth-order valence-corrected chi connectivity index (χ4v) is 2.07. The van der Waals surface area contributed by atoms with Crippen LogP contribution in [0.25, 0.3) is 0 Å². The van der Waals surface area contributed by atoms with Crippen molar-refractivity contribution in [3.63, 3.8) is 0 Å². The Balaban J connectivity index is 2.21. The van der Waals surface area contributed by atoms with Gasteiger partial charge in [0.1, 0.15) is 0 Å². The molecule has 1 fully saturated rings. The van der Waals surface area contributed by atoms with E-state index in [-0.39, 0.29) is 18.8 Å². The Labute approximate surface area is 116 Å². The average molecular weight is 288 g/mol. The van der Waals surface area contributed by atoms with Crippen molar-refractivity contribution in [2.75, 3.05) is 25.1 Å². The molecule has 0 heterocycles. The molecular formula is C14H19F3N2O. The first kappa shape index (κ1) is 15.1. The molecule has 0 radical (unpaired) electrons. The normalized spacial score (nSPS) is 15.4. The van der Waals surface area contributed by atoms with Gasteiger partial charge in [-0.15, -0.1) is 0 Å². The molecule has 1 aliphatic carbocycles. The second-order valence-electron chi connectivity index (χ2n) is 5.15. The van der Waals surface area contributed by atoms with Gasteiger partial charge in [-0.05, 0) is 30.5 Å². The summed E-state index contributed by atoms with van der Waals surface area (Å²) in [6.45, 7) is 0.444. The van der Waals surface area contributed by atoms with E-state index in [9.17, 15) is 13.2 Å². The van der Waals surface area contributed by atoms with E-state index >= 15 is 0 Å². The van der Waals surface area contributed by atoms with E-state index in [2.05, 4.69) is 5.32 Å². The number of rotatable bonds is 6. The minimum atomic E-state index is -4.39. The van der Waals surface area contributed by atoms with Gasteiger partial charge in [-0.25, -0.2) is 0 Å². The number of alkyl halides is 3. The molecular weight excluding hydrogens is 269 g/mol. The molecule has 2 N–H and O–H groups in total. The van der Waals surface area contributed by atoms with Crippen LogP contribution in [0.4, 0.5) is 18.9 Å². The molecule has 1 aromatic rings. The van der Waals surface area contributed by atoms with Crippen molar-refractivity contribution in [2.45, 2.75) is 31.6 Å². The lowest BCUT2D eigenvalue weighted by molar-refractivity contribution is -0.137. The van der Waals surface area contributed by atoms with Gasteiger partial charge in [0.25, 0.3) is 0 Å². The summed E-state index contributed by atoms with van der Waals surface area (Å²) >= 11 is 0. The smallest absolute Gasteiger partial charge is 0.395 e. The van der Waals surface area contributed by atoms with E-state index in [1.807, 2.05) is 0 Å². The summed E-state index contributed by atoms with van der Waals surface area (Å²) in [6.07, 6.45) is -2.19. The Morgan fingerprint density at radius 3 is 2.60 bits per heavy atom. The zero-order valence-electron chi connectivity index (χ0n) is 11.4. The zero-order chi connectivity index (χ0) is 14.8. The van der Waals surface area contributed by atoms with Crippen LogP contribution in [0.2, 0.25) is 0 Å². The molecule has 0 unspecified atom stereocenters. The van der Waals surface area contributed by atoms with Crippen molar-refractivity contribution in [2.24, 2.45) is 0 Å². The first-order chi connectivity index (χ1) is 9.41. The number of nitrogens with zero attached hydrogens (tertiary/aromatic N) is 1. The van der Waals surface area contributed by atoms with E-state index in [0.29, 0.717) is 18.2 Å². The van der Waals surface area contributed by atoms with Crippen LogP contribution in [0.5, 0.6) is 0 Å². The van der Waals surface area contributed by atoms with Gasteiger partial charge in [0.15, 0.2) is 0 Å². The summed E-state index contributed by atoms with van der Waals surface area (Å²) in [5, 5.41) is 12.1. The maximum atomic E-state index is 13.1. The molecule has 112 valence electrons. The van der Waals surface area contributed by atoms with Crippen molar-refractivity contribution >= 4 is 5.69 Å². The van der Waals surface area contributed by atoms with Crippen LogP contribution in [-0.2, 0) is 12.7 Å². The molecule has 1 saturated carbocycles. The number of anilines is 1. The molecule has 0 amide bonds. The minimum absolute atomic E-state index is 0.0988. The Kier molecular flexibility index (Phi) is 4.55. The second kappa shape index (κ2) is 6.01. The minimum Gasteiger partial charge on any atom is -0.395 e. The fraction of sp³-hybridized carbons (Fsp3) is 0.571. The molecule has 1 aliphatic rings. The third kappa shape index (κ3) is 3.86. The summed E-state index contributed by atoms with van der Waals surface area (Å²) < 4.78 is 39.4. The number of aliphatic hydroxyl groups excluding tert-OH is 1. The number of aliphatic hydroxyl groups is 1. The van der Waals surface area contributed by atoms with E-state index in [0.717, 1.165) is 12.8 Å². The van der Waals surface area contributed by atoms with Gasteiger partial charge in [-0.3, -0.25) is 0 Å². The molecule has 0 saturated heterocycles. The van der Waals surface area contributed by atoms with Crippen molar-refractivity contribution in [3.05, 3.63) is 29.3 Å². The molecule has 0 bridgehead atoms. The number of likely N-dealkylation sites (N-methyl/N-ethyl adjacent to an activating group) is 1. The monoisotopic (exact) mass is 288 g/mol. The average Bonchev–Trinajstić information content (AvgIpc) is 3.19. The Bertz CT molecular complexity index is 458. The summed E-state index contributed by atoms with van der Waals surface area (Å²) in [6, 6.07) is 4.83. The Hall–Kier alpha value is -1.27. The summed E-state index contributed by atoms with van der Waals surface area (Å²) in [5.41, 5.74) is 0.0793. The highest BCUT2D eigenvalue weighted by Crippen LogP contribution is 2.37. The molecule has 2 rings (SSSR count). The predicted octanol–water partition coefficient (Wildman–Crippen LogP) is 2.39. The molecule has 0 atom stereocenters. The summed E-state index contributed by atoms with van der Waals surface area (Å²) in [5.74, 6) is 0. The van der Waals surface area contributed by atoms with Crippen LogP contribution in [-0.4, -0.2) is 31.3 Å². The quantitative estimate of drug-likeness (QED) is 0.843. The molecule has 20 heavy (non-hydrogen) atoms. The number of hydrogen-bond acceptors (Lipinski definition) is 3. The third-order valence-corrected chi connectivity index (χ3v) is 3.39. The number of hydrogen-bond donors (Lipinski definition) is 2. The van der Waals surface area contributed by atoms with Crippen LogP contribution in [0, 0.1) is 0 Å². The van der Waals surface area contributed by atoms with Crippen LogP contribution in [0.1, 0.15) is 24.0 Å². The lowest BCUT2D eigenvalue weighted by Gasteiger charge is -2.23. The third-order valence-electron chi connectivity index (χ3n) is 3.39. The maximum absolute atomic E-state index is 13.1. The van der Waals surface area contributed by atoms with Gasteiger partial charge in [0.05, 0.1) is 12.2 Å². The molecule has 0 spiro atoms. The van der Waals surface area contributed by atoms with Crippen LogP contribution in [0.3, 0.4) is 0 Å².